The van der Waals surface area contributed by atoms with E-state index in [9.17, 15) is 9.90 Å². The quantitative estimate of drug-likeness (QED) is 0.719. The molecule has 1 amide bonds. The molecule has 1 heterocycles. The number of aryl methyl sites for hydroxylation is 1. The Kier molecular flexibility index (Phi) is 2.04. The topological polar surface area (TPSA) is 40.5 Å². The first kappa shape index (κ1) is 9.21. The van der Waals surface area contributed by atoms with Crippen molar-refractivity contribution >= 4 is 11.6 Å². The van der Waals surface area contributed by atoms with Crippen molar-refractivity contribution in [1.29, 1.82) is 0 Å². The maximum Gasteiger partial charge on any atom is 0.231 e. The molecule has 0 saturated heterocycles. The highest BCUT2D eigenvalue weighted by molar-refractivity contribution is 6.01. The van der Waals surface area contributed by atoms with Gasteiger partial charge in [0, 0.05) is 12.6 Å². The molecular weight excluding hydrogens is 178 g/mol. The van der Waals surface area contributed by atoms with Gasteiger partial charge in [0.1, 0.15) is 0 Å². The zero-order valence-electron chi connectivity index (χ0n) is 8.37. The minimum absolute atomic E-state index is 0.0123. The maximum absolute atomic E-state index is 11.5. The summed E-state index contributed by atoms with van der Waals surface area (Å²) in [5.41, 5.74) is 3.86. The number of benzene rings is 1. The summed E-state index contributed by atoms with van der Waals surface area (Å²) in [4.78, 5) is 13.1. The van der Waals surface area contributed by atoms with Crippen LogP contribution in [0.2, 0.25) is 0 Å². The maximum atomic E-state index is 11.5. The molecule has 0 atom stereocenters. The van der Waals surface area contributed by atoms with Crippen LogP contribution in [0.25, 0.3) is 0 Å². The van der Waals surface area contributed by atoms with Gasteiger partial charge in [-0.25, -0.2) is 0 Å². The summed E-state index contributed by atoms with van der Waals surface area (Å²) in [5.74, 6) is 0.0975. The van der Waals surface area contributed by atoms with Crippen LogP contribution in [0.15, 0.2) is 12.1 Å². The molecule has 1 N–H and O–H groups in total. The van der Waals surface area contributed by atoms with Gasteiger partial charge in [-0.05, 0) is 12.5 Å². The van der Waals surface area contributed by atoms with Gasteiger partial charge in [0.05, 0.1) is 18.7 Å². The Morgan fingerprint density at radius 3 is 2.86 bits per heavy atom. The molecule has 0 spiro atoms. The number of hydrogen-bond acceptors (Lipinski definition) is 2. The molecule has 0 unspecified atom stereocenters. The number of aliphatic hydroxyl groups excluding tert-OH is 1. The Morgan fingerprint density at radius 2 is 2.21 bits per heavy atom. The first-order valence-corrected chi connectivity index (χ1v) is 4.63. The van der Waals surface area contributed by atoms with Crippen molar-refractivity contribution in [2.45, 2.75) is 20.0 Å². The molecule has 1 aromatic rings. The van der Waals surface area contributed by atoms with Gasteiger partial charge >= 0.3 is 0 Å². The first-order valence-electron chi connectivity index (χ1n) is 4.63. The van der Waals surface area contributed by atoms with Crippen molar-refractivity contribution < 1.29 is 9.90 Å². The van der Waals surface area contributed by atoms with Crippen molar-refractivity contribution in [3.05, 3.63) is 28.8 Å². The van der Waals surface area contributed by atoms with E-state index in [1.807, 2.05) is 19.1 Å². The molecule has 1 aliphatic rings. The highest BCUT2D eigenvalue weighted by atomic mass is 16.3. The second kappa shape index (κ2) is 3.10. The molecule has 3 heteroatoms. The van der Waals surface area contributed by atoms with Crippen LogP contribution < -0.4 is 4.90 Å². The molecule has 0 saturated carbocycles. The predicted molar refractivity (Wildman–Crippen MR) is 54.2 cm³/mol. The Hall–Kier alpha value is -1.35. The largest absolute Gasteiger partial charge is 0.392 e. The van der Waals surface area contributed by atoms with Crippen molar-refractivity contribution in [3.63, 3.8) is 0 Å². The van der Waals surface area contributed by atoms with E-state index in [2.05, 4.69) is 0 Å². The zero-order valence-corrected chi connectivity index (χ0v) is 8.37. The standard InChI is InChI=1S/C11H13NO2/c1-7-3-8-5-10(14)12(2)11(8)9(4-7)6-13/h3-4,13H,5-6H2,1-2H3. The minimum atomic E-state index is -0.0123. The van der Waals surface area contributed by atoms with Gasteiger partial charge in [-0.1, -0.05) is 17.7 Å². The normalized spacial score (nSPS) is 14.8. The first-order chi connectivity index (χ1) is 6.63. The van der Waals surface area contributed by atoms with E-state index in [1.54, 1.807) is 11.9 Å². The van der Waals surface area contributed by atoms with Crippen LogP contribution in [0.1, 0.15) is 16.7 Å². The van der Waals surface area contributed by atoms with E-state index < -0.39 is 0 Å². The summed E-state index contributed by atoms with van der Waals surface area (Å²) in [6.07, 6.45) is 0.459. The number of rotatable bonds is 1. The average molecular weight is 191 g/mol. The van der Waals surface area contributed by atoms with Crippen molar-refractivity contribution in [3.8, 4) is 0 Å². The minimum Gasteiger partial charge on any atom is -0.392 e. The fourth-order valence-electron chi connectivity index (χ4n) is 2.03. The van der Waals surface area contributed by atoms with Gasteiger partial charge in [-0.15, -0.1) is 0 Å². The fraction of sp³-hybridized carbons (Fsp3) is 0.364. The molecule has 1 aliphatic heterocycles. The molecule has 0 bridgehead atoms. The monoisotopic (exact) mass is 191 g/mol. The molecule has 2 rings (SSSR count). The highest BCUT2D eigenvalue weighted by Gasteiger charge is 2.26. The van der Waals surface area contributed by atoms with Gasteiger partial charge in [-0.3, -0.25) is 4.79 Å². The number of fused-ring (bicyclic) bond motifs is 1. The van der Waals surface area contributed by atoms with Gasteiger partial charge < -0.3 is 10.0 Å². The summed E-state index contributed by atoms with van der Waals surface area (Å²) in [6.45, 7) is 1.96. The molecule has 74 valence electrons. The van der Waals surface area contributed by atoms with Crippen LogP contribution in [-0.2, 0) is 17.8 Å². The number of amides is 1. The van der Waals surface area contributed by atoms with Crippen LogP contribution in [0.3, 0.4) is 0 Å². The Bertz CT molecular complexity index is 399. The zero-order chi connectivity index (χ0) is 10.3. The van der Waals surface area contributed by atoms with Crippen LogP contribution >= 0.6 is 0 Å². The van der Waals surface area contributed by atoms with Crippen LogP contribution in [0.4, 0.5) is 5.69 Å². The van der Waals surface area contributed by atoms with Gasteiger partial charge in [0.15, 0.2) is 0 Å². The van der Waals surface area contributed by atoms with Crippen molar-refractivity contribution in [2.24, 2.45) is 0 Å². The van der Waals surface area contributed by atoms with E-state index in [0.29, 0.717) is 6.42 Å². The van der Waals surface area contributed by atoms with E-state index in [0.717, 1.165) is 22.4 Å². The molecule has 0 radical (unpaired) electrons. The molecule has 14 heavy (non-hydrogen) atoms. The molecule has 1 aromatic carbocycles. The summed E-state index contributed by atoms with van der Waals surface area (Å²) >= 11 is 0. The Balaban J connectivity index is 2.61. The molecule has 0 aromatic heterocycles. The van der Waals surface area contributed by atoms with Gasteiger partial charge in [0.2, 0.25) is 5.91 Å². The SMILES string of the molecule is Cc1cc(CO)c2c(c1)CC(=O)N2C. The summed E-state index contributed by atoms with van der Waals surface area (Å²) in [7, 11) is 1.75. The van der Waals surface area contributed by atoms with E-state index in [1.165, 1.54) is 0 Å². The second-order valence-electron chi connectivity index (χ2n) is 3.72. The van der Waals surface area contributed by atoms with E-state index in [4.69, 9.17) is 0 Å². The third kappa shape index (κ3) is 1.21. The molecule has 3 nitrogen and oxygen atoms in total. The number of likely N-dealkylation sites (N-methyl/N-ethyl adjacent to an activating group) is 1. The molecule has 0 fully saturated rings. The van der Waals surface area contributed by atoms with E-state index >= 15 is 0 Å². The Morgan fingerprint density at radius 1 is 1.50 bits per heavy atom. The van der Waals surface area contributed by atoms with Crippen molar-refractivity contribution in [2.75, 3.05) is 11.9 Å². The van der Waals surface area contributed by atoms with Crippen LogP contribution in [-0.4, -0.2) is 18.1 Å². The number of anilines is 1. The van der Waals surface area contributed by atoms with Gasteiger partial charge in [-0.2, -0.15) is 0 Å². The number of hydrogen-bond donors (Lipinski definition) is 1. The number of carbonyl (C=O) groups excluding carboxylic acids is 1. The summed E-state index contributed by atoms with van der Waals surface area (Å²) < 4.78 is 0. The molecular formula is C11H13NO2. The number of nitrogens with zero attached hydrogens (tertiary/aromatic N) is 1. The van der Waals surface area contributed by atoms with Crippen molar-refractivity contribution in [1.82, 2.24) is 0 Å². The predicted octanol–water partition coefficient (Wildman–Crippen LogP) is 1.01. The fourth-order valence-corrected chi connectivity index (χ4v) is 2.03. The lowest BCUT2D eigenvalue weighted by molar-refractivity contribution is -0.117. The van der Waals surface area contributed by atoms with E-state index in [-0.39, 0.29) is 12.5 Å². The average Bonchev–Trinajstić information content (AvgIpc) is 2.41. The number of carbonyl (C=O) groups is 1. The van der Waals surface area contributed by atoms with Crippen LogP contribution in [0, 0.1) is 6.92 Å². The Labute approximate surface area is 83.0 Å². The van der Waals surface area contributed by atoms with Crippen LogP contribution in [0.5, 0.6) is 0 Å². The van der Waals surface area contributed by atoms with Gasteiger partial charge in [0.25, 0.3) is 0 Å². The smallest absolute Gasteiger partial charge is 0.231 e. The lowest BCUT2D eigenvalue weighted by Crippen LogP contribution is -2.21. The third-order valence-electron chi connectivity index (χ3n) is 2.63. The summed E-state index contributed by atoms with van der Waals surface area (Å²) in [6, 6.07) is 3.93. The second-order valence-corrected chi connectivity index (χ2v) is 3.72. The lowest BCUT2D eigenvalue weighted by Gasteiger charge is -2.14. The molecule has 0 aliphatic carbocycles. The summed E-state index contributed by atoms with van der Waals surface area (Å²) in [5, 5.41) is 9.19. The number of aliphatic hydroxyl groups is 1. The third-order valence-corrected chi connectivity index (χ3v) is 2.63. The lowest BCUT2D eigenvalue weighted by atomic mass is 10.0. The highest BCUT2D eigenvalue weighted by Crippen LogP contribution is 2.32.